The number of nitrogen functional groups attached to an aromatic ring is 2. The number of anilines is 2. The molecular formula is C16H12N4O2S. The van der Waals surface area contributed by atoms with Gasteiger partial charge in [0.1, 0.15) is 21.3 Å². The van der Waals surface area contributed by atoms with Gasteiger partial charge in [-0.15, -0.1) is 11.3 Å². The van der Waals surface area contributed by atoms with Crippen molar-refractivity contribution in [2.45, 2.75) is 6.92 Å². The van der Waals surface area contributed by atoms with Crippen molar-refractivity contribution < 1.29 is 4.79 Å². The summed E-state index contributed by atoms with van der Waals surface area (Å²) in [5.74, 6) is -0.248. The van der Waals surface area contributed by atoms with E-state index in [2.05, 4.69) is 4.98 Å². The average molecular weight is 324 g/mol. The molecular weight excluding hydrogens is 312 g/mol. The van der Waals surface area contributed by atoms with Gasteiger partial charge in [-0.05, 0) is 6.92 Å². The molecule has 0 saturated carbocycles. The average Bonchev–Trinajstić information content (AvgIpc) is 2.84. The Morgan fingerprint density at radius 1 is 1.22 bits per heavy atom. The van der Waals surface area contributed by atoms with Crippen LogP contribution in [0.4, 0.5) is 11.4 Å². The number of carbonyl (C=O) groups is 1. The van der Waals surface area contributed by atoms with Gasteiger partial charge in [0.15, 0.2) is 0 Å². The molecule has 5 N–H and O–H groups in total. The third-order valence-electron chi connectivity index (χ3n) is 3.57. The molecule has 2 aromatic heterocycles. The Labute approximate surface area is 135 Å². The fraction of sp³-hybridized carbons (Fsp3) is 0.0625. The Balaban J connectivity index is 2.24. The van der Waals surface area contributed by atoms with Crippen molar-refractivity contribution in [3.8, 4) is 6.07 Å². The summed E-state index contributed by atoms with van der Waals surface area (Å²) in [7, 11) is 0. The summed E-state index contributed by atoms with van der Waals surface area (Å²) < 4.78 is 0. The van der Waals surface area contributed by atoms with E-state index in [-0.39, 0.29) is 22.7 Å². The van der Waals surface area contributed by atoms with Gasteiger partial charge in [0.25, 0.3) is 5.56 Å². The number of thiophene rings is 1. The number of nitrogens with two attached hydrogens (primary N) is 2. The van der Waals surface area contributed by atoms with E-state index in [0.29, 0.717) is 20.7 Å². The lowest BCUT2D eigenvalue weighted by atomic mass is 10.1. The molecule has 23 heavy (non-hydrogen) atoms. The predicted molar refractivity (Wildman–Crippen MR) is 90.6 cm³/mol. The van der Waals surface area contributed by atoms with Crippen LogP contribution in [0.1, 0.15) is 26.4 Å². The number of aromatic nitrogens is 1. The molecule has 0 fully saturated rings. The van der Waals surface area contributed by atoms with Crippen molar-refractivity contribution >= 4 is 38.7 Å². The van der Waals surface area contributed by atoms with Crippen LogP contribution in [-0.4, -0.2) is 10.8 Å². The predicted octanol–water partition coefficient (Wildman–Crippen LogP) is 2.17. The monoisotopic (exact) mass is 324 g/mol. The highest BCUT2D eigenvalue weighted by molar-refractivity contribution is 7.21. The minimum atomic E-state index is -0.590. The Morgan fingerprint density at radius 2 is 1.87 bits per heavy atom. The first-order valence-corrected chi connectivity index (χ1v) is 7.51. The minimum Gasteiger partial charge on any atom is -0.397 e. The van der Waals surface area contributed by atoms with Gasteiger partial charge >= 0.3 is 0 Å². The number of nitrogens with zero attached hydrogens (tertiary/aromatic N) is 1. The van der Waals surface area contributed by atoms with Crippen LogP contribution in [0.25, 0.3) is 10.2 Å². The molecule has 7 heteroatoms. The summed E-state index contributed by atoms with van der Waals surface area (Å²) in [5, 5.41) is 9.36. The molecule has 6 nitrogen and oxygen atoms in total. The Morgan fingerprint density at radius 3 is 2.48 bits per heavy atom. The van der Waals surface area contributed by atoms with Crippen molar-refractivity contribution in [1.29, 1.82) is 5.26 Å². The lowest BCUT2D eigenvalue weighted by Crippen LogP contribution is -2.12. The second-order valence-electron chi connectivity index (χ2n) is 5.10. The number of H-pyrrole nitrogens is 1. The van der Waals surface area contributed by atoms with Crippen LogP contribution in [0.15, 0.2) is 29.1 Å². The fourth-order valence-corrected chi connectivity index (χ4v) is 3.42. The van der Waals surface area contributed by atoms with Crippen LogP contribution in [-0.2, 0) is 0 Å². The highest BCUT2D eigenvalue weighted by Crippen LogP contribution is 2.37. The van der Waals surface area contributed by atoms with Gasteiger partial charge in [-0.25, -0.2) is 0 Å². The number of aromatic amines is 1. The van der Waals surface area contributed by atoms with Gasteiger partial charge in [-0.2, -0.15) is 5.26 Å². The van der Waals surface area contributed by atoms with Gasteiger partial charge < -0.3 is 16.5 Å². The van der Waals surface area contributed by atoms with Crippen LogP contribution in [0, 0.1) is 18.3 Å². The molecule has 3 rings (SSSR count). The van der Waals surface area contributed by atoms with Gasteiger partial charge in [-0.1, -0.05) is 29.8 Å². The largest absolute Gasteiger partial charge is 0.397 e. The van der Waals surface area contributed by atoms with E-state index in [4.69, 9.17) is 16.7 Å². The van der Waals surface area contributed by atoms with E-state index in [0.717, 1.165) is 16.9 Å². The summed E-state index contributed by atoms with van der Waals surface area (Å²) in [6.45, 7) is 1.93. The maximum absolute atomic E-state index is 12.6. The Bertz CT molecular complexity index is 1040. The number of aryl methyl sites for hydroxylation is 1. The first-order chi connectivity index (χ1) is 10.9. The highest BCUT2D eigenvalue weighted by Gasteiger charge is 2.22. The summed E-state index contributed by atoms with van der Waals surface area (Å²) >= 11 is 1.06. The lowest BCUT2D eigenvalue weighted by molar-refractivity contribution is 0.104. The van der Waals surface area contributed by atoms with E-state index in [1.54, 1.807) is 18.2 Å². The van der Waals surface area contributed by atoms with E-state index in [9.17, 15) is 9.59 Å². The number of hydrogen-bond acceptors (Lipinski definition) is 6. The minimum absolute atomic E-state index is 0.00274. The van der Waals surface area contributed by atoms with Crippen molar-refractivity contribution in [2.75, 3.05) is 11.5 Å². The van der Waals surface area contributed by atoms with E-state index in [1.165, 1.54) is 0 Å². The molecule has 2 heterocycles. The van der Waals surface area contributed by atoms with E-state index < -0.39 is 5.56 Å². The molecule has 114 valence electrons. The topological polar surface area (TPSA) is 126 Å². The molecule has 0 spiro atoms. The quantitative estimate of drug-likeness (QED) is 0.623. The molecule has 0 radical (unpaired) electrons. The smallest absolute Gasteiger partial charge is 0.269 e. The number of benzene rings is 1. The molecule has 0 aliphatic carbocycles. The normalized spacial score (nSPS) is 10.6. The standard InChI is InChI=1S/C16H12N4O2S/c1-7-2-4-8(5-3-7)13(21)14-12(19)10-11(18)9(6-17)15(22)20-16(10)23-14/h2-5H,19H2,1H3,(H3,18,20,22). The van der Waals surface area contributed by atoms with Crippen molar-refractivity contribution in [3.05, 3.63) is 56.2 Å². The number of nitriles is 1. The molecule has 0 aliphatic rings. The van der Waals surface area contributed by atoms with Gasteiger partial charge in [0, 0.05) is 5.56 Å². The summed E-state index contributed by atoms with van der Waals surface area (Å²) in [6.07, 6.45) is 0. The molecule has 0 saturated heterocycles. The fourth-order valence-electron chi connectivity index (χ4n) is 2.33. The highest BCUT2D eigenvalue weighted by atomic mass is 32.1. The number of ketones is 1. The van der Waals surface area contributed by atoms with Crippen LogP contribution in [0.3, 0.4) is 0 Å². The van der Waals surface area contributed by atoms with Crippen molar-refractivity contribution in [2.24, 2.45) is 0 Å². The molecule has 0 amide bonds. The first kappa shape index (κ1) is 14.8. The molecule has 0 unspecified atom stereocenters. The maximum atomic E-state index is 12.6. The van der Waals surface area contributed by atoms with Crippen LogP contribution >= 0.6 is 11.3 Å². The maximum Gasteiger partial charge on any atom is 0.269 e. The molecule has 0 aliphatic heterocycles. The zero-order valence-corrected chi connectivity index (χ0v) is 13.0. The van der Waals surface area contributed by atoms with Crippen molar-refractivity contribution in [3.63, 3.8) is 0 Å². The lowest BCUT2D eigenvalue weighted by Gasteiger charge is -2.02. The molecule has 3 aromatic rings. The van der Waals surface area contributed by atoms with Gasteiger partial charge in [-0.3, -0.25) is 9.59 Å². The number of fused-ring (bicyclic) bond motifs is 1. The summed E-state index contributed by atoms with van der Waals surface area (Å²) in [6, 6.07) is 8.86. The second kappa shape index (κ2) is 5.26. The zero-order valence-electron chi connectivity index (χ0n) is 12.1. The molecule has 0 atom stereocenters. The molecule has 1 aromatic carbocycles. The molecule has 0 bridgehead atoms. The van der Waals surface area contributed by atoms with E-state index >= 15 is 0 Å². The first-order valence-electron chi connectivity index (χ1n) is 6.69. The number of hydrogen-bond donors (Lipinski definition) is 3. The van der Waals surface area contributed by atoms with Crippen LogP contribution in [0.5, 0.6) is 0 Å². The Hall–Kier alpha value is -3.11. The third-order valence-corrected chi connectivity index (χ3v) is 4.69. The SMILES string of the molecule is Cc1ccc(C(=O)c2sc3[nH]c(=O)c(C#N)c(N)c3c2N)cc1. The number of pyridine rings is 1. The zero-order chi connectivity index (χ0) is 16.7. The number of rotatable bonds is 2. The van der Waals surface area contributed by atoms with Crippen molar-refractivity contribution in [1.82, 2.24) is 4.98 Å². The second-order valence-corrected chi connectivity index (χ2v) is 6.12. The third kappa shape index (κ3) is 2.25. The van der Waals surface area contributed by atoms with Crippen LogP contribution in [0.2, 0.25) is 0 Å². The van der Waals surface area contributed by atoms with E-state index in [1.807, 2.05) is 19.1 Å². The van der Waals surface area contributed by atoms with Gasteiger partial charge in [0.2, 0.25) is 5.78 Å². The van der Waals surface area contributed by atoms with Gasteiger partial charge in [0.05, 0.1) is 16.8 Å². The van der Waals surface area contributed by atoms with Crippen LogP contribution < -0.4 is 17.0 Å². The number of carbonyl (C=O) groups excluding carboxylic acids is 1. The Kier molecular flexibility index (Phi) is 3.39. The summed E-state index contributed by atoms with van der Waals surface area (Å²) in [4.78, 5) is 27.7. The number of nitrogens with one attached hydrogen (secondary N) is 1. The summed E-state index contributed by atoms with van der Waals surface area (Å²) in [5.41, 5.74) is 12.9.